The Balaban J connectivity index is 1.52. The first kappa shape index (κ1) is 21.5. The number of hydrogen-bond acceptors (Lipinski definition) is 5. The number of nitrogens with one attached hydrogen (secondary N) is 1. The number of carbonyl (C=O) groups is 1. The van der Waals surface area contributed by atoms with Gasteiger partial charge in [-0.05, 0) is 41.8 Å². The summed E-state index contributed by atoms with van der Waals surface area (Å²) in [4.78, 5) is 22.9. The lowest BCUT2D eigenvalue weighted by molar-refractivity contribution is 0.0953. The Hall–Kier alpha value is -4.39. The zero-order valence-electron chi connectivity index (χ0n) is 18.9. The number of fused-ring (bicyclic) bond motifs is 2. The predicted octanol–water partition coefficient (Wildman–Crippen LogP) is 4.35. The third kappa shape index (κ3) is 4.15. The Morgan fingerprint density at radius 1 is 0.912 bits per heavy atom. The van der Waals surface area contributed by atoms with Crippen LogP contribution in [0.25, 0.3) is 22.2 Å². The molecule has 0 saturated heterocycles. The highest BCUT2D eigenvalue weighted by molar-refractivity contribution is 6.10. The van der Waals surface area contributed by atoms with Gasteiger partial charge in [-0.2, -0.15) is 0 Å². The molecule has 0 fully saturated rings. The van der Waals surface area contributed by atoms with E-state index in [0.29, 0.717) is 35.6 Å². The second-order valence-corrected chi connectivity index (χ2v) is 8.06. The number of carbonyl (C=O) groups excluding carboxylic acids is 1. The summed E-state index contributed by atoms with van der Waals surface area (Å²) in [5.74, 6) is 0.910. The van der Waals surface area contributed by atoms with Gasteiger partial charge in [-0.15, -0.1) is 0 Å². The predicted molar refractivity (Wildman–Crippen MR) is 134 cm³/mol. The molecule has 1 amide bonds. The highest BCUT2D eigenvalue weighted by atomic mass is 16.5. The molecule has 0 radical (unpaired) electrons. The van der Waals surface area contributed by atoms with Gasteiger partial charge >= 0.3 is 0 Å². The van der Waals surface area contributed by atoms with Gasteiger partial charge in [-0.25, -0.2) is 9.97 Å². The number of anilines is 1. The van der Waals surface area contributed by atoms with Gasteiger partial charge in [0.25, 0.3) is 5.91 Å². The molecule has 7 heteroatoms. The van der Waals surface area contributed by atoms with Crippen LogP contribution in [-0.2, 0) is 19.5 Å². The van der Waals surface area contributed by atoms with Crippen molar-refractivity contribution in [3.63, 3.8) is 0 Å². The van der Waals surface area contributed by atoms with E-state index in [4.69, 9.17) is 20.4 Å². The number of ether oxygens (including phenoxy) is 1. The van der Waals surface area contributed by atoms with E-state index in [9.17, 15) is 4.79 Å². The van der Waals surface area contributed by atoms with E-state index < -0.39 is 0 Å². The number of hydrogen-bond donors (Lipinski definition) is 2. The lowest BCUT2D eigenvalue weighted by Crippen LogP contribution is -2.24. The quantitative estimate of drug-likeness (QED) is 0.384. The molecule has 5 rings (SSSR count). The van der Waals surface area contributed by atoms with Crippen molar-refractivity contribution in [1.29, 1.82) is 0 Å². The molecule has 2 aromatic heterocycles. The Morgan fingerprint density at radius 3 is 2.29 bits per heavy atom. The van der Waals surface area contributed by atoms with Crippen molar-refractivity contribution in [3.05, 3.63) is 95.6 Å². The number of methoxy groups -OCH3 is 1. The topological polar surface area (TPSA) is 95.1 Å². The van der Waals surface area contributed by atoms with Gasteiger partial charge in [0.2, 0.25) is 0 Å². The second-order valence-electron chi connectivity index (χ2n) is 8.06. The van der Waals surface area contributed by atoms with Crippen LogP contribution in [0.1, 0.15) is 21.5 Å². The minimum atomic E-state index is -0.265. The van der Waals surface area contributed by atoms with E-state index >= 15 is 0 Å². The fourth-order valence-corrected chi connectivity index (χ4v) is 4.07. The number of nitrogen functional groups attached to an aromatic ring is 1. The van der Waals surface area contributed by atoms with Gasteiger partial charge < -0.3 is 20.4 Å². The molecular formula is C27H25N5O2. The van der Waals surface area contributed by atoms with Crippen molar-refractivity contribution in [2.45, 2.75) is 19.5 Å². The normalized spacial score (nSPS) is 11.1. The van der Waals surface area contributed by atoms with Gasteiger partial charge in [0.15, 0.2) is 5.65 Å². The zero-order chi connectivity index (χ0) is 23.5. The maximum atomic E-state index is 13.3. The Labute approximate surface area is 197 Å². The molecule has 0 saturated carbocycles. The van der Waals surface area contributed by atoms with Crippen LogP contribution < -0.4 is 15.8 Å². The number of benzene rings is 3. The van der Waals surface area contributed by atoms with Crippen LogP contribution in [0.2, 0.25) is 0 Å². The molecule has 3 N–H and O–H groups in total. The Bertz CT molecular complexity index is 1460. The van der Waals surface area contributed by atoms with Crippen molar-refractivity contribution in [3.8, 4) is 5.75 Å². The molecule has 170 valence electrons. The molecule has 0 unspecified atom stereocenters. The first-order chi connectivity index (χ1) is 16.6. The lowest BCUT2D eigenvalue weighted by atomic mass is 10.1. The highest BCUT2D eigenvalue weighted by Crippen LogP contribution is 2.28. The van der Waals surface area contributed by atoms with E-state index in [1.807, 2.05) is 83.4 Å². The summed E-state index contributed by atoms with van der Waals surface area (Å²) in [5.41, 5.74) is 11.7. The van der Waals surface area contributed by atoms with Crippen LogP contribution in [0.5, 0.6) is 5.75 Å². The molecule has 0 aliphatic rings. The van der Waals surface area contributed by atoms with E-state index in [-0.39, 0.29) is 5.91 Å². The largest absolute Gasteiger partial charge is 0.497 e. The van der Waals surface area contributed by atoms with Gasteiger partial charge in [0, 0.05) is 13.1 Å². The van der Waals surface area contributed by atoms with Crippen molar-refractivity contribution < 1.29 is 9.53 Å². The molecule has 5 aromatic rings. The lowest BCUT2D eigenvalue weighted by Gasteiger charge is -2.09. The number of aryl methyl sites for hydroxylation is 2. The summed E-state index contributed by atoms with van der Waals surface area (Å²) in [7, 11) is 1.65. The summed E-state index contributed by atoms with van der Waals surface area (Å²) >= 11 is 0. The number of para-hydroxylation sites is 2. The van der Waals surface area contributed by atoms with Crippen molar-refractivity contribution >= 4 is 33.9 Å². The first-order valence-corrected chi connectivity index (χ1v) is 11.1. The standard InChI is InChI=1S/C27H25N5O2/c1-34-20-13-11-18(12-14-20)15-16-32-25(28)23(27(33)29-17-19-7-3-2-4-8-19)24-26(32)31-22-10-6-5-9-21(22)30-24/h2-14H,15-17,28H2,1H3,(H,29,33). The van der Waals surface area contributed by atoms with Crippen LogP contribution >= 0.6 is 0 Å². The average Bonchev–Trinajstić information content (AvgIpc) is 3.15. The average molecular weight is 452 g/mol. The zero-order valence-corrected chi connectivity index (χ0v) is 18.9. The first-order valence-electron chi connectivity index (χ1n) is 11.1. The summed E-state index contributed by atoms with van der Waals surface area (Å²) in [6.45, 7) is 0.965. The highest BCUT2D eigenvalue weighted by Gasteiger charge is 2.23. The summed E-state index contributed by atoms with van der Waals surface area (Å²) in [6.07, 6.45) is 0.720. The molecule has 3 aromatic carbocycles. The maximum Gasteiger partial charge on any atom is 0.257 e. The van der Waals surface area contributed by atoms with E-state index in [1.54, 1.807) is 7.11 Å². The minimum absolute atomic E-state index is 0.265. The Kier molecular flexibility index (Phi) is 5.82. The molecule has 34 heavy (non-hydrogen) atoms. The van der Waals surface area contributed by atoms with E-state index in [2.05, 4.69) is 5.32 Å². The molecule has 0 bridgehead atoms. The molecular weight excluding hydrogens is 426 g/mol. The van der Waals surface area contributed by atoms with Gasteiger partial charge in [0.05, 0.1) is 18.1 Å². The van der Waals surface area contributed by atoms with E-state index in [0.717, 1.165) is 34.3 Å². The number of aromatic nitrogens is 3. The molecule has 0 aliphatic heterocycles. The summed E-state index contributed by atoms with van der Waals surface area (Å²) in [5, 5.41) is 2.98. The number of rotatable bonds is 7. The Morgan fingerprint density at radius 2 is 1.59 bits per heavy atom. The van der Waals surface area contributed by atoms with E-state index in [1.165, 1.54) is 0 Å². The smallest absolute Gasteiger partial charge is 0.257 e. The SMILES string of the molecule is COc1ccc(CCn2c(N)c(C(=O)NCc3ccccc3)c3nc4ccccc4nc32)cc1. The minimum Gasteiger partial charge on any atom is -0.497 e. The monoisotopic (exact) mass is 451 g/mol. The third-order valence-electron chi connectivity index (χ3n) is 5.90. The van der Waals surface area contributed by atoms with Crippen molar-refractivity contribution in [2.24, 2.45) is 0 Å². The van der Waals surface area contributed by atoms with Gasteiger partial charge in [-0.3, -0.25) is 4.79 Å². The molecule has 0 aliphatic carbocycles. The number of nitrogens with two attached hydrogens (primary N) is 1. The number of amides is 1. The third-order valence-corrected chi connectivity index (χ3v) is 5.90. The fourth-order valence-electron chi connectivity index (χ4n) is 4.07. The van der Waals surface area contributed by atoms with Crippen molar-refractivity contribution in [1.82, 2.24) is 19.9 Å². The summed E-state index contributed by atoms with van der Waals surface area (Å²) < 4.78 is 7.13. The van der Waals surface area contributed by atoms with Crippen LogP contribution in [0, 0.1) is 0 Å². The molecule has 0 atom stereocenters. The number of nitrogens with zero attached hydrogens (tertiary/aromatic N) is 3. The van der Waals surface area contributed by atoms with Crippen LogP contribution in [0.3, 0.4) is 0 Å². The second kappa shape index (κ2) is 9.23. The molecule has 7 nitrogen and oxygen atoms in total. The fraction of sp³-hybridized carbons (Fsp3) is 0.148. The van der Waals surface area contributed by atoms with Gasteiger partial charge in [0.1, 0.15) is 22.6 Å². The molecule has 2 heterocycles. The maximum absolute atomic E-state index is 13.3. The van der Waals surface area contributed by atoms with Crippen LogP contribution in [0.4, 0.5) is 5.82 Å². The molecule has 0 spiro atoms. The van der Waals surface area contributed by atoms with Crippen molar-refractivity contribution in [2.75, 3.05) is 12.8 Å². The van der Waals surface area contributed by atoms with Crippen LogP contribution in [-0.4, -0.2) is 27.6 Å². The summed E-state index contributed by atoms with van der Waals surface area (Å²) in [6, 6.07) is 25.3. The van der Waals surface area contributed by atoms with Gasteiger partial charge in [-0.1, -0.05) is 54.6 Å². The van der Waals surface area contributed by atoms with Crippen LogP contribution in [0.15, 0.2) is 78.9 Å².